The van der Waals surface area contributed by atoms with Gasteiger partial charge in [-0.05, 0) is 33.7 Å². The Labute approximate surface area is 149 Å². The maximum Gasteiger partial charge on any atom is 0.196 e. The molecule has 0 aliphatic rings. The van der Waals surface area contributed by atoms with Crippen molar-refractivity contribution < 1.29 is 10.2 Å². The molecule has 0 atom stereocenters. The molecule has 0 spiro atoms. The summed E-state index contributed by atoms with van der Waals surface area (Å²) in [5, 5.41) is 24.4. The number of hydrogen-bond acceptors (Lipinski definition) is 3. The number of hydrogen-bond donors (Lipinski definition) is 2. The van der Waals surface area contributed by atoms with Gasteiger partial charge in [-0.25, -0.2) is 0 Å². The predicted octanol–water partition coefficient (Wildman–Crippen LogP) is 4.97. The molecule has 0 amide bonds. The molecule has 2 N–H and O–H groups in total. The highest BCUT2D eigenvalue weighted by molar-refractivity contribution is 6.12. The van der Waals surface area contributed by atoms with Crippen LogP contribution in [0, 0.1) is 0 Å². The van der Waals surface area contributed by atoms with Gasteiger partial charge >= 0.3 is 0 Å². The average molecular weight is 338 g/mol. The Kier molecular flexibility index (Phi) is 2.95. The van der Waals surface area contributed by atoms with Crippen LogP contribution in [-0.2, 0) is 0 Å². The van der Waals surface area contributed by atoms with Crippen LogP contribution in [-0.4, -0.2) is 10.2 Å². The Bertz CT molecular complexity index is 1220. The summed E-state index contributed by atoms with van der Waals surface area (Å²) >= 11 is 0. The molecule has 0 radical (unpaired) electrons. The van der Waals surface area contributed by atoms with Gasteiger partial charge in [-0.15, -0.1) is 0 Å². The first kappa shape index (κ1) is 14.7. The number of phenols is 2. The van der Waals surface area contributed by atoms with Crippen molar-refractivity contribution in [3.05, 3.63) is 83.0 Å². The monoisotopic (exact) mass is 338 g/mol. The zero-order valence-electron chi connectivity index (χ0n) is 13.7. The van der Waals surface area contributed by atoms with Gasteiger partial charge in [0.1, 0.15) is 11.5 Å². The predicted molar refractivity (Wildman–Crippen MR) is 104 cm³/mol. The van der Waals surface area contributed by atoms with E-state index in [1.807, 2.05) is 60.7 Å². The third kappa shape index (κ3) is 1.97. The molecule has 0 aliphatic heterocycles. The summed E-state index contributed by atoms with van der Waals surface area (Å²) in [6, 6.07) is 22.2. The van der Waals surface area contributed by atoms with Crippen molar-refractivity contribution in [1.29, 1.82) is 0 Å². The van der Waals surface area contributed by atoms with Gasteiger partial charge in [0, 0.05) is 22.3 Å². The van der Waals surface area contributed by atoms with Crippen molar-refractivity contribution in [1.82, 2.24) is 0 Å². The Hall–Kier alpha value is -3.59. The van der Waals surface area contributed by atoms with Crippen LogP contribution < -0.4 is 5.43 Å². The van der Waals surface area contributed by atoms with E-state index >= 15 is 0 Å². The first-order valence-electron chi connectivity index (χ1n) is 8.38. The van der Waals surface area contributed by atoms with Crippen LogP contribution >= 0.6 is 0 Å². The summed E-state index contributed by atoms with van der Waals surface area (Å²) in [5.41, 5.74) is 1.89. The van der Waals surface area contributed by atoms with E-state index in [9.17, 15) is 15.0 Å². The van der Waals surface area contributed by atoms with E-state index in [4.69, 9.17) is 0 Å². The van der Waals surface area contributed by atoms with Gasteiger partial charge in [0.15, 0.2) is 5.43 Å². The van der Waals surface area contributed by atoms with Gasteiger partial charge in [-0.2, -0.15) is 0 Å². The van der Waals surface area contributed by atoms with E-state index in [1.54, 1.807) is 12.1 Å². The molecule has 0 aromatic heterocycles. The fraction of sp³-hybridized carbons (Fsp3) is 0. The molecule has 26 heavy (non-hydrogen) atoms. The Morgan fingerprint density at radius 3 is 1.38 bits per heavy atom. The van der Waals surface area contributed by atoms with Crippen LogP contribution in [0.2, 0.25) is 0 Å². The molecule has 5 aromatic carbocycles. The van der Waals surface area contributed by atoms with Gasteiger partial charge in [0.25, 0.3) is 0 Å². The highest BCUT2D eigenvalue weighted by atomic mass is 16.3. The minimum atomic E-state index is -0.136. The maximum atomic E-state index is 12.7. The standard InChI is InChI=1S/C23H14O3/c24-17-11-9-13-5-1-3-7-15(13)19(17)21-22(23(21)26)20-16-8-4-2-6-14(16)10-12-18(20)25/h1-12,24-25H. The number of rotatable bonds is 2. The smallest absolute Gasteiger partial charge is 0.196 e. The summed E-state index contributed by atoms with van der Waals surface area (Å²) in [4.78, 5) is 12.7. The van der Waals surface area contributed by atoms with Crippen LogP contribution in [0.1, 0.15) is 0 Å². The fourth-order valence-corrected chi connectivity index (χ4v) is 3.69. The van der Waals surface area contributed by atoms with Gasteiger partial charge in [-0.1, -0.05) is 60.7 Å². The first-order valence-corrected chi connectivity index (χ1v) is 8.38. The average Bonchev–Trinajstić information content (AvgIpc) is 3.31. The van der Waals surface area contributed by atoms with Crippen molar-refractivity contribution in [2.45, 2.75) is 0 Å². The van der Waals surface area contributed by atoms with Crippen LogP contribution in [0.25, 0.3) is 43.8 Å². The van der Waals surface area contributed by atoms with Gasteiger partial charge in [-0.3, -0.25) is 4.79 Å². The molecule has 3 heteroatoms. The number of aromatic hydroxyl groups is 2. The van der Waals surface area contributed by atoms with Crippen LogP contribution in [0.3, 0.4) is 0 Å². The summed E-state index contributed by atoms with van der Waals surface area (Å²) in [6.45, 7) is 0. The highest BCUT2D eigenvalue weighted by Crippen LogP contribution is 2.47. The van der Waals surface area contributed by atoms with Crippen LogP contribution in [0.15, 0.2) is 77.6 Å². The van der Waals surface area contributed by atoms with Crippen molar-refractivity contribution in [2.75, 3.05) is 0 Å². The highest BCUT2D eigenvalue weighted by Gasteiger charge is 2.31. The van der Waals surface area contributed by atoms with E-state index < -0.39 is 0 Å². The molecule has 0 aliphatic carbocycles. The number of benzene rings is 4. The lowest BCUT2D eigenvalue weighted by molar-refractivity contribution is 0.477. The van der Waals surface area contributed by atoms with Crippen molar-refractivity contribution in [3.63, 3.8) is 0 Å². The summed E-state index contributed by atoms with van der Waals surface area (Å²) in [6.07, 6.45) is 0. The van der Waals surface area contributed by atoms with E-state index in [-0.39, 0.29) is 16.9 Å². The zero-order chi connectivity index (χ0) is 17.8. The molecule has 0 unspecified atom stereocenters. The van der Waals surface area contributed by atoms with Crippen molar-refractivity contribution >= 4 is 21.5 Å². The minimum absolute atomic E-state index is 0.0711. The number of fused-ring (bicyclic) bond motifs is 2. The topological polar surface area (TPSA) is 57.5 Å². The Balaban J connectivity index is 1.82. The third-order valence-corrected chi connectivity index (χ3v) is 4.96. The molecule has 0 bridgehead atoms. The van der Waals surface area contributed by atoms with E-state index in [0.29, 0.717) is 22.3 Å². The van der Waals surface area contributed by atoms with E-state index in [0.717, 1.165) is 21.5 Å². The summed E-state index contributed by atoms with van der Waals surface area (Å²) in [7, 11) is 0. The molecule has 3 nitrogen and oxygen atoms in total. The zero-order valence-corrected chi connectivity index (χ0v) is 13.7. The molecule has 0 heterocycles. The van der Waals surface area contributed by atoms with Crippen LogP contribution in [0.5, 0.6) is 11.5 Å². The largest absolute Gasteiger partial charge is 0.507 e. The third-order valence-electron chi connectivity index (χ3n) is 4.96. The molecule has 0 saturated heterocycles. The van der Waals surface area contributed by atoms with E-state index in [2.05, 4.69) is 0 Å². The quantitative estimate of drug-likeness (QED) is 0.477. The molecule has 5 aromatic rings. The molecule has 0 saturated carbocycles. The summed E-state index contributed by atoms with van der Waals surface area (Å²) < 4.78 is 0. The fourth-order valence-electron chi connectivity index (χ4n) is 3.69. The van der Waals surface area contributed by atoms with Gasteiger partial charge in [0.2, 0.25) is 0 Å². The molecule has 0 fully saturated rings. The second kappa shape index (κ2) is 5.20. The van der Waals surface area contributed by atoms with Crippen molar-refractivity contribution in [2.24, 2.45) is 0 Å². The van der Waals surface area contributed by atoms with E-state index in [1.165, 1.54) is 0 Å². The Morgan fingerprint density at radius 1 is 0.500 bits per heavy atom. The Morgan fingerprint density at radius 2 is 0.923 bits per heavy atom. The van der Waals surface area contributed by atoms with Gasteiger partial charge in [0.05, 0.1) is 0 Å². The molecular formula is C23H14O3. The van der Waals surface area contributed by atoms with Gasteiger partial charge < -0.3 is 10.2 Å². The molecule has 124 valence electrons. The number of phenolic OH excluding ortho intramolecular Hbond substituents is 2. The normalized spacial score (nSPS) is 11.5. The molecule has 5 rings (SSSR count). The lowest BCUT2D eigenvalue weighted by Crippen LogP contribution is -1.82. The summed E-state index contributed by atoms with van der Waals surface area (Å²) in [5.74, 6) is 0.142. The minimum Gasteiger partial charge on any atom is -0.507 e. The second-order valence-corrected chi connectivity index (χ2v) is 6.44. The van der Waals surface area contributed by atoms with Crippen LogP contribution in [0.4, 0.5) is 0 Å². The SMILES string of the molecule is O=c1c(-c2c(O)ccc3ccccc23)c1-c1c(O)ccc2ccccc12. The van der Waals surface area contributed by atoms with Crippen molar-refractivity contribution in [3.8, 4) is 33.8 Å². The first-order chi connectivity index (χ1) is 12.7. The lowest BCUT2D eigenvalue weighted by Gasteiger charge is -2.07. The molecular weight excluding hydrogens is 324 g/mol. The lowest BCUT2D eigenvalue weighted by atomic mass is 9.98. The second-order valence-electron chi connectivity index (χ2n) is 6.44. The maximum absolute atomic E-state index is 12.7.